The maximum absolute atomic E-state index is 13.0. The largest absolute Gasteiger partial charge is 0.462 e. The highest BCUT2D eigenvalue weighted by Crippen LogP contribution is 2.32. The molecular weight excluding hydrogens is 807 g/mol. The van der Waals surface area contributed by atoms with Gasteiger partial charge in [-0.3, -0.25) is 14.0 Å². The lowest BCUT2D eigenvalue weighted by molar-refractivity contribution is -0.138. The summed E-state index contributed by atoms with van der Waals surface area (Å²) < 4.78 is 14.2. The molecule has 0 aliphatic rings. The maximum atomic E-state index is 13.0. The van der Waals surface area contributed by atoms with Crippen molar-refractivity contribution in [1.29, 1.82) is 0 Å². The van der Waals surface area contributed by atoms with Gasteiger partial charge >= 0.3 is 11.9 Å². The lowest BCUT2D eigenvalue weighted by atomic mass is 10.1. The number of hydrogen-bond donors (Lipinski definition) is 2. The topological polar surface area (TPSA) is 160 Å². The number of benzene rings is 2. The Morgan fingerprint density at radius 2 is 1.44 bits per heavy atom. The first-order valence-corrected chi connectivity index (χ1v) is 20.1. The molecule has 0 amide bonds. The zero-order valence-corrected chi connectivity index (χ0v) is 34.5. The standard InChI is InChI=1S/C18H14ClN3O3.C13H13Cl2NO3S2.C7H10N2/c1-3-25-18(24)14-15(23)10-8-9-13(19)20-16(10)22-12-7-5-4-6-11(12)21(2)17(14)22;1-4-19-12(18)9(13(20-2)21-3)10(17)7-5-6-8(14)16-11(7)15;1-9-7-5-3-2-4-6(7)8/h4-9H,3H2,1-2H3;5-6H,4H2,1-3H3;2-5,9H,8H2,1H3. The number of anilines is 2. The number of thioether (sulfide) groups is 2. The number of nitrogens with two attached hydrogens (primary N) is 1. The van der Waals surface area contributed by atoms with E-state index in [1.807, 2.05) is 55.6 Å². The Morgan fingerprint density at radius 3 is 2.02 bits per heavy atom. The molecule has 4 aromatic heterocycles. The summed E-state index contributed by atoms with van der Waals surface area (Å²) in [6.45, 7) is 3.74. The molecule has 0 bridgehead atoms. The van der Waals surface area contributed by atoms with E-state index in [1.165, 1.54) is 41.7 Å². The molecular formula is C38H37Cl3N6O6S2. The van der Waals surface area contributed by atoms with Crippen LogP contribution < -0.4 is 16.5 Å². The van der Waals surface area contributed by atoms with Gasteiger partial charge in [-0.05, 0) is 74.9 Å². The van der Waals surface area contributed by atoms with E-state index >= 15 is 0 Å². The summed E-state index contributed by atoms with van der Waals surface area (Å²) >= 11 is 20.3. The van der Waals surface area contributed by atoms with E-state index in [-0.39, 0.29) is 45.4 Å². The number of rotatable bonds is 9. The molecule has 12 nitrogen and oxygen atoms in total. The molecule has 6 rings (SSSR count). The van der Waals surface area contributed by atoms with Crippen LogP contribution in [-0.2, 0) is 21.3 Å². The number of aromatic nitrogens is 4. The van der Waals surface area contributed by atoms with E-state index in [4.69, 9.17) is 50.0 Å². The van der Waals surface area contributed by atoms with Crippen LogP contribution in [0.2, 0.25) is 15.5 Å². The number of ketones is 1. The number of carbonyl (C=O) groups excluding carboxylic acids is 3. The number of ether oxygens (including phenoxy) is 2. The van der Waals surface area contributed by atoms with E-state index in [0.717, 1.165) is 22.4 Å². The smallest absolute Gasteiger partial charge is 0.345 e. The Balaban J connectivity index is 0.000000203. The SMILES string of the molecule is CCOC(=O)C(C(=O)c1ccc(Cl)nc1Cl)=C(SC)SC.CCOC(=O)c1c(=O)c2ccc(Cl)nc2n2c3ccccc3n(C)c12.CNc1ccccc1N. The summed E-state index contributed by atoms with van der Waals surface area (Å²) in [6, 6.07) is 21.3. The molecule has 6 aromatic rings. The van der Waals surface area contributed by atoms with Gasteiger partial charge in [0.1, 0.15) is 32.2 Å². The van der Waals surface area contributed by atoms with Crippen LogP contribution in [0, 0.1) is 0 Å². The van der Waals surface area contributed by atoms with Crippen LogP contribution >= 0.6 is 58.3 Å². The molecule has 288 valence electrons. The molecule has 0 atom stereocenters. The number of hydrogen-bond acceptors (Lipinski definition) is 12. The molecule has 17 heteroatoms. The van der Waals surface area contributed by atoms with Crippen molar-refractivity contribution in [2.45, 2.75) is 13.8 Å². The molecule has 0 aliphatic carbocycles. The Hall–Kier alpha value is -4.73. The second-order valence-corrected chi connectivity index (χ2v) is 14.1. The molecule has 0 radical (unpaired) electrons. The Labute approximate surface area is 340 Å². The van der Waals surface area contributed by atoms with Crippen molar-refractivity contribution in [1.82, 2.24) is 18.9 Å². The molecule has 55 heavy (non-hydrogen) atoms. The average molecular weight is 844 g/mol. The van der Waals surface area contributed by atoms with Gasteiger partial charge in [-0.15, -0.1) is 23.5 Å². The van der Waals surface area contributed by atoms with Gasteiger partial charge in [-0.25, -0.2) is 19.6 Å². The highest BCUT2D eigenvalue weighted by atomic mass is 35.5. The van der Waals surface area contributed by atoms with Crippen LogP contribution in [-0.4, -0.2) is 69.4 Å². The summed E-state index contributed by atoms with van der Waals surface area (Å²) in [5, 5.41) is 3.70. The van der Waals surface area contributed by atoms with Crippen LogP contribution in [0.5, 0.6) is 0 Å². The van der Waals surface area contributed by atoms with Crippen LogP contribution in [0.4, 0.5) is 11.4 Å². The minimum atomic E-state index is -0.674. The van der Waals surface area contributed by atoms with Gasteiger partial charge in [0.2, 0.25) is 11.2 Å². The number of aryl methyl sites for hydroxylation is 1. The number of para-hydroxylation sites is 4. The van der Waals surface area contributed by atoms with Crippen molar-refractivity contribution in [3.63, 3.8) is 0 Å². The number of fused-ring (bicyclic) bond motifs is 5. The Bertz CT molecular complexity index is 2480. The zero-order valence-electron chi connectivity index (χ0n) is 30.6. The molecule has 0 unspecified atom stereocenters. The number of carbonyl (C=O) groups is 3. The fourth-order valence-electron chi connectivity index (χ4n) is 5.41. The van der Waals surface area contributed by atoms with Gasteiger partial charge in [-0.2, -0.15) is 0 Å². The lowest BCUT2D eigenvalue weighted by Gasteiger charge is -2.11. The lowest BCUT2D eigenvalue weighted by Crippen LogP contribution is -2.21. The molecule has 0 spiro atoms. The second-order valence-electron chi connectivity index (χ2n) is 11.1. The number of pyridine rings is 3. The molecule has 2 aromatic carbocycles. The number of esters is 2. The number of nitrogens with one attached hydrogen (secondary N) is 1. The monoisotopic (exact) mass is 842 g/mol. The quantitative estimate of drug-likeness (QED) is 0.0272. The third kappa shape index (κ3) is 9.57. The van der Waals surface area contributed by atoms with Gasteiger partial charge in [-0.1, -0.05) is 59.1 Å². The van der Waals surface area contributed by atoms with Gasteiger partial charge in [0.15, 0.2) is 5.65 Å². The van der Waals surface area contributed by atoms with Crippen molar-refractivity contribution in [3.05, 3.63) is 119 Å². The summed E-state index contributed by atoms with van der Waals surface area (Å²) in [7, 11) is 3.65. The molecule has 3 N–H and O–H groups in total. The van der Waals surface area contributed by atoms with Crippen molar-refractivity contribution in [3.8, 4) is 0 Å². The first kappa shape index (κ1) is 43.0. The Kier molecular flexibility index (Phi) is 15.4. The first-order valence-electron chi connectivity index (χ1n) is 16.5. The highest BCUT2D eigenvalue weighted by molar-refractivity contribution is 8.21. The van der Waals surface area contributed by atoms with Crippen molar-refractivity contribution in [2.24, 2.45) is 7.05 Å². The van der Waals surface area contributed by atoms with E-state index in [2.05, 4.69) is 15.3 Å². The maximum Gasteiger partial charge on any atom is 0.345 e. The van der Waals surface area contributed by atoms with Crippen molar-refractivity contribution >= 4 is 115 Å². The number of Topliss-reactive ketones (excluding diaryl/α,β-unsaturated/α-hetero) is 1. The fourth-order valence-corrected chi connectivity index (χ4v) is 7.41. The summed E-state index contributed by atoms with van der Waals surface area (Å²) in [5.41, 5.74) is 9.54. The number of nitrogen functional groups attached to an aromatic ring is 1. The second kappa shape index (κ2) is 19.7. The normalized spacial score (nSPS) is 10.6. The number of imidazole rings is 1. The van der Waals surface area contributed by atoms with Crippen LogP contribution in [0.25, 0.3) is 27.7 Å². The summed E-state index contributed by atoms with van der Waals surface area (Å²) in [5.74, 6) is -1.85. The highest BCUT2D eigenvalue weighted by Gasteiger charge is 2.28. The number of halogens is 3. The van der Waals surface area contributed by atoms with E-state index < -0.39 is 23.2 Å². The van der Waals surface area contributed by atoms with E-state index in [0.29, 0.717) is 20.9 Å². The molecule has 0 saturated carbocycles. The van der Waals surface area contributed by atoms with Crippen LogP contribution in [0.3, 0.4) is 0 Å². The predicted octanol–water partition coefficient (Wildman–Crippen LogP) is 8.55. The van der Waals surface area contributed by atoms with Gasteiger partial charge in [0, 0.05) is 14.1 Å². The predicted molar refractivity (Wildman–Crippen MR) is 226 cm³/mol. The number of nitrogens with zero attached hydrogens (tertiary/aromatic N) is 4. The van der Waals surface area contributed by atoms with Gasteiger partial charge in [0.05, 0.1) is 50.8 Å². The molecule has 0 fully saturated rings. The average Bonchev–Trinajstić information content (AvgIpc) is 3.46. The van der Waals surface area contributed by atoms with Crippen LogP contribution in [0.15, 0.2) is 87.4 Å². The van der Waals surface area contributed by atoms with Crippen molar-refractivity contribution < 1.29 is 23.9 Å². The first-order chi connectivity index (χ1) is 26.3. The minimum Gasteiger partial charge on any atom is -0.462 e. The summed E-state index contributed by atoms with van der Waals surface area (Å²) in [6.07, 6.45) is 3.56. The molecule has 0 aliphatic heterocycles. The Morgan fingerprint density at radius 1 is 0.836 bits per heavy atom. The van der Waals surface area contributed by atoms with Gasteiger partial charge < -0.3 is 25.1 Å². The molecule has 0 saturated heterocycles. The van der Waals surface area contributed by atoms with Crippen LogP contribution in [0.1, 0.15) is 34.6 Å². The van der Waals surface area contributed by atoms with E-state index in [9.17, 15) is 19.2 Å². The third-order valence-corrected chi connectivity index (χ3v) is 10.7. The zero-order chi connectivity index (χ0) is 40.4. The third-order valence-electron chi connectivity index (χ3n) is 7.81. The van der Waals surface area contributed by atoms with Crippen molar-refractivity contribution in [2.75, 3.05) is 43.8 Å². The van der Waals surface area contributed by atoms with Gasteiger partial charge in [0.25, 0.3) is 0 Å². The fraction of sp³-hybridized carbons (Fsp3) is 0.211. The minimum absolute atomic E-state index is 0.00262. The molecule has 4 heterocycles. The van der Waals surface area contributed by atoms with E-state index in [1.54, 1.807) is 48.4 Å². The summed E-state index contributed by atoms with van der Waals surface area (Å²) in [4.78, 5) is 58.3.